The lowest BCUT2D eigenvalue weighted by Gasteiger charge is -2.28. The van der Waals surface area contributed by atoms with Crippen LogP contribution in [0.5, 0.6) is 0 Å². The highest BCUT2D eigenvalue weighted by atomic mass is 16.5. The quantitative estimate of drug-likeness (QED) is 0.718. The average Bonchev–Trinajstić information content (AvgIpc) is 2.90. The molecule has 0 spiro atoms. The van der Waals surface area contributed by atoms with Gasteiger partial charge in [0.25, 0.3) is 0 Å². The molecule has 1 aliphatic carbocycles. The topological polar surface area (TPSA) is 26.3 Å². The van der Waals surface area contributed by atoms with E-state index < -0.39 is 0 Å². The van der Waals surface area contributed by atoms with Crippen LogP contribution in [0, 0.1) is 0 Å². The van der Waals surface area contributed by atoms with Crippen LogP contribution >= 0.6 is 0 Å². The Morgan fingerprint density at radius 1 is 1.22 bits per heavy atom. The minimum atomic E-state index is -0.224. The lowest BCUT2D eigenvalue weighted by Crippen LogP contribution is -2.33. The first-order valence-corrected chi connectivity index (χ1v) is 6.96. The Labute approximate surface area is 109 Å². The van der Waals surface area contributed by atoms with Gasteiger partial charge >= 0.3 is 0 Å². The van der Waals surface area contributed by atoms with Crippen LogP contribution in [0.4, 0.5) is 0 Å². The van der Waals surface area contributed by atoms with Gasteiger partial charge < -0.3 is 4.74 Å². The maximum atomic E-state index is 12.6. The van der Waals surface area contributed by atoms with Gasteiger partial charge in [0.2, 0.25) is 0 Å². The molecule has 0 saturated heterocycles. The standard InChI is InChI=1S/C16H22O2/c1-2-18-13-10-15(17)16(11-6-7-12-16)14-8-4-3-5-9-14/h3-5,8-9H,2,6-7,10-13H2,1H3. The van der Waals surface area contributed by atoms with Crippen LogP contribution in [0.25, 0.3) is 0 Å². The number of benzene rings is 1. The van der Waals surface area contributed by atoms with Gasteiger partial charge in [-0.25, -0.2) is 0 Å². The van der Waals surface area contributed by atoms with Crippen LogP contribution < -0.4 is 0 Å². The maximum Gasteiger partial charge on any atom is 0.145 e. The van der Waals surface area contributed by atoms with Gasteiger partial charge in [0.05, 0.1) is 12.0 Å². The van der Waals surface area contributed by atoms with Gasteiger partial charge in [-0.15, -0.1) is 0 Å². The van der Waals surface area contributed by atoms with Crippen LogP contribution in [-0.2, 0) is 14.9 Å². The van der Waals surface area contributed by atoms with Gasteiger partial charge in [-0.1, -0.05) is 43.2 Å². The Bertz CT molecular complexity index is 377. The summed E-state index contributed by atoms with van der Waals surface area (Å²) in [6, 6.07) is 10.3. The van der Waals surface area contributed by atoms with Gasteiger partial charge in [-0.2, -0.15) is 0 Å². The van der Waals surface area contributed by atoms with Crippen LogP contribution in [-0.4, -0.2) is 19.0 Å². The van der Waals surface area contributed by atoms with Crippen molar-refractivity contribution >= 4 is 5.78 Å². The van der Waals surface area contributed by atoms with E-state index in [9.17, 15) is 4.79 Å². The minimum absolute atomic E-state index is 0.224. The molecule has 0 radical (unpaired) electrons. The SMILES string of the molecule is CCOCCC(=O)C1(c2ccccc2)CCCC1. The number of carbonyl (C=O) groups excluding carboxylic acids is 1. The van der Waals surface area contributed by atoms with Gasteiger partial charge in [0.1, 0.15) is 5.78 Å². The Kier molecular flexibility index (Phi) is 4.54. The smallest absolute Gasteiger partial charge is 0.145 e. The zero-order valence-electron chi connectivity index (χ0n) is 11.2. The van der Waals surface area contributed by atoms with Crippen molar-refractivity contribution in [3.8, 4) is 0 Å². The van der Waals surface area contributed by atoms with Crippen molar-refractivity contribution in [3.63, 3.8) is 0 Å². The van der Waals surface area contributed by atoms with Crippen molar-refractivity contribution in [1.29, 1.82) is 0 Å². The molecular formula is C16H22O2. The number of carbonyl (C=O) groups is 1. The van der Waals surface area contributed by atoms with E-state index in [0.717, 1.165) is 25.7 Å². The number of hydrogen-bond acceptors (Lipinski definition) is 2. The Balaban J connectivity index is 2.14. The lowest BCUT2D eigenvalue weighted by atomic mass is 9.74. The first-order chi connectivity index (χ1) is 8.79. The van der Waals surface area contributed by atoms with Crippen molar-refractivity contribution in [2.24, 2.45) is 0 Å². The zero-order chi connectivity index (χ0) is 12.8. The first kappa shape index (κ1) is 13.3. The van der Waals surface area contributed by atoms with E-state index in [-0.39, 0.29) is 5.41 Å². The third kappa shape index (κ3) is 2.64. The van der Waals surface area contributed by atoms with E-state index in [1.807, 2.05) is 25.1 Å². The highest BCUT2D eigenvalue weighted by Gasteiger charge is 2.41. The molecule has 1 saturated carbocycles. The number of Topliss-reactive ketones (excluding diaryl/α,β-unsaturated/α-hetero) is 1. The Morgan fingerprint density at radius 3 is 2.50 bits per heavy atom. The van der Waals surface area contributed by atoms with Gasteiger partial charge in [0, 0.05) is 13.0 Å². The van der Waals surface area contributed by atoms with Crippen molar-refractivity contribution < 1.29 is 9.53 Å². The normalized spacial score (nSPS) is 17.8. The molecule has 0 bridgehead atoms. The molecule has 0 unspecified atom stereocenters. The van der Waals surface area contributed by atoms with Crippen molar-refractivity contribution in [2.75, 3.05) is 13.2 Å². The van der Waals surface area contributed by atoms with Crippen molar-refractivity contribution in [2.45, 2.75) is 44.4 Å². The van der Waals surface area contributed by atoms with E-state index in [2.05, 4.69) is 12.1 Å². The monoisotopic (exact) mass is 246 g/mol. The molecule has 0 amide bonds. The molecule has 0 aromatic heterocycles. The van der Waals surface area contributed by atoms with Crippen molar-refractivity contribution in [1.82, 2.24) is 0 Å². The second kappa shape index (κ2) is 6.14. The fraction of sp³-hybridized carbons (Fsp3) is 0.562. The second-order valence-electron chi connectivity index (χ2n) is 5.03. The molecule has 18 heavy (non-hydrogen) atoms. The summed E-state index contributed by atoms with van der Waals surface area (Å²) in [6.45, 7) is 3.21. The van der Waals surface area contributed by atoms with E-state index in [0.29, 0.717) is 25.4 Å². The molecule has 2 nitrogen and oxygen atoms in total. The third-order valence-corrected chi connectivity index (χ3v) is 3.99. The van der Waals surface area contributed by atoms with E-state index in [4.69, 9.17) is 4.74 Å². The Hall–Kier alpha value is -1.15. The number of ether oxygens (including phenoxy) is 1. The predicted octanol–water partition coefficient (Wildman–Crippen LogP) is 3.49. The summed E-state index contributed by atoms with van der Waals surface area (Å²) in [6.07, 6.45) is 4.87. The molecule has 1 aromatic carbocycles. The van der Waals surface area contributed by atoms with Crippen LogP contribution in [0.2, 0.25) is 0 Å². The summed E-state index contributed by atoms with van der Waals surface area (Å²) < 4.78 is 5.32. The zero-order valence-corrected chi connectivity index (χ0v) is 11.2. The van der Waals surface area contributed by atoms with Crippen LogP contribution in [0.1, 0.15) is 44.6 Å². The van der Waals surface area contributed by atoms with E-state index in [1.54, 1.807) is 0 Å². The lowest BCUT2D eigenvalue weighted by molar-refractivity contribution is -0.125. The molecule has 1 aromatic rings. The van der Waals surface area contributed by atoms with Gasteiger partial charge in [-0.3, -0.25) is 4.79 Å². The fourth-order valence-electron chi connectivity index (χ4n) is 3.01. The summed E-state index contributed by atoms with van der Waals surface area (Å²) >= 11 is 0. The number of hydrogen-bond donors (Lipinski definition) is 0. The molecule has 0 aliphatic heterocycles. The molecule has 1 fully saturated rings. The van der Waals surface area contributed by atoms with Crippen LogP contribution in [0.15, 0.2) is 30.3 Å². The number of rotatable bonds is 6. The van der Waals surface area contributed by atoms with Gasteiger partial charge in [0.15, 0.2) is 0 Å². The summed E-state index contributed by atoms with van der Waals surface area (Å²) in [7, 11) is 0. The van der Waals surface area contributed by atoms with Crippen molar-refractivity contribution in [3.05, 3.63) is 35.9 Å². The molecular weight excluding hydrogens is 224 g/mol. The number of ketones is 1. The molecule has 0 heterocycles. The largest absolute Gasteiger partial charge is 0.381 e. The highest BCUT2D eigenvalue weighted by molar-refractivity contribution is 5.90. The Morgan fingerprint density at radius 2 is 1.89 bits per heavy atom. The van der Waals surface area contributed by atoms with E-state index in [1.165, 1.54) is 5.56 Å². The average molecular weight is 246 g/mol. The first-order valence-electron chi connectivity index (χ1n) is 6.96. The second-order valence-corrected chi connectivity index (χ2v) is 5.03. The molecule has 1 aliphatic rings. The molecule has 2 rings (SSSR count). The molecule has 98 valence electrons. The van der Waals surface area contributed by atoms with Crippen LogP contribution in [0.3, 0.4) is 0 Å². The third-order valence-electron chi connectivity index (χ3n) is 3.99. The maximum absolute atomic E-state index is 12.6. The summed E-state index contributed by atoms with van der Waals surface area (Å²) in [5.41, 5.74) is 0.974. The molecule has 2 heteroatoms. The summed E-state index contributed by atoms with van der Waals surface area (Å²) in [5, 5.41) is 0. The predicted molar refractivity (Wildman–Crippen MR) is 72.7 cm³/mol. The molecule has 0 atom stereocenters. The summed E-state index contributed by atoms with van der Waals surface area (Å²) in [4.78, 5) is 12.6. The highest BCUT2D eigenvalue weighted by Crippen LogP contribution is 2.42. The molecule has 0 N–H and O–H groups in total. The van der Waals surface area contributed by atoms with E-state index >= 15 is 0 Å². The summed E-state index contributed by atoms with van der Waals surface area (Å²) in [5.74, 6) is 0.361. The minimum Gasteiger partial charge on any atom is -0.381 e. The fourth-order valence-corrected chi connectivity index (χ4v) is 3.01. The van der Waals surface area contributed by atoms with Gasteiger partial charge in [-0.05, 0) is 25.3 Å².